The van der Waals surface area contributed by atoms with Gasteiger partial charge in [0.15, 0.2) is 11.5 Å². The maximum absolute atomic E-state index is 8.87. The Kier molecular flexibility index (Phi) is 1.34. The molecule has 0 saturated heterocycles. The van der Waals surface area contributed by atoms with Gasteiger partial charge in [-0.15, -0.1) is 0 Å². The Balaban J connectivity index is 2.49. The van der Waals surface area contributed by atoms with E-state index in [9.17, 15) is 0 Å². The molecule has 0 atom stereocenters. The minimum atomic E-state index is -0.0704. The fourth-order valence-corrected chi connectivity index (χ4v) is 1.15. The smallest absolute Gasteiger partial charge is 0.176 e. The maximum Gasteiger partial charge on any atom is 0.176 e. The topological polar surface area (TPSA) is 53.0 Å². The van der Waals surface area contributed by atoms with E-state index in [-0.39, 0.29) is 13.2 Å². The summed E-state index contributed by atoms with van der Waals surface area (Å²) in [5.41, 5.74) is 1.45. The molecule has 1 aromatic rings. The van der Waals surface area contributed by atoms with Crippen molar-refractivity contribution in [1.82, 2.24) is 0 Å². The van der Waals surface area contributed by atoms with Crippen LogP contribution >= 0.6 is 0 Å². The lowest BCUT2D eigenvalue weighted by atomic mass is 10.1. The molecule has 2 rings (SSSR count). The van der Waals surface area contributed by atoms with Crippen LogP contribution in [0.3, 0.4) is 0 Å². The van der Waals surface area contributed by atoms with Crippen molar-refractivity contribution in [3.63, 3.8) is 0 Å². The van der Waals surface area contributed by atoms with Gasteiger partial charge >= 0.3 is 0 Å². The summed E-state index contributed by atoms with van der Waals surface area (Å²) in [5.74, 6) is 1.55. The molecule has 0 amide bonds. The van der Waals surface area contributed by atoms with E-state index in [0.29, 0.717) is 5.56 Å². The van der Waals surface area contributed by atoms with Crippen molar-refractivity contribution in [1.29, 1.82) is 0 Å². The third-order valence-electron chi connectivity index (χ3n) is 1.82. The van der Waals surface area contributed by atoms with Crippen molar-refractivity contribution in [2.24, 2.45) is 0 Å². The average Bonchev–Trinajstić information content (AvgIpc) is 2.80. The summed E-state index contributed by atoms with van der Waals surface area (Å²) >= 11 is 0. The van der Waals surface area contributed by atoms with Gasteiger partial charge in [-0.25, -0.2) is 0 Å². The Morgan fingerprint density at radius 2 is 2.00 bits per heavy atom. The predicted molar refractivity (Wildman–Crippen MR) is 38.4 cm³/mol. The Hall–Kier alpha value is -1.06. The zero-order chi connectivity index (χ0) is 7.84. The van der Waals surface area contributed by atoms with Gasteiger partial charge in [-0.1, -0.05) is 6.07 Å². The summed E-state index contributed by atoms with van der Waals surface area (Å²) < 4.78 is 5.03. The highest BCUT2D eigenvalue weighted by Crippen LogP contribution is 2.49. The van der Waals surface area contributed by atoms with Gasteiger partial charge in [0, 0.05) is 5.56 Å². The number of hydrogen-bond donors (Lipinski definition) is 2. The Labute approximate surface area is 63.9 Å². The molecule has 0 spiro atoms. The number of fused-ring (bicyclic) bond motifs is 1. The largest absolute Gasteiger partial charge is 0.449 e. The highest BCUT2D eigenvalue weighted by Gasteiger charge is 2.25. The molecule has 3 nitrogen and oxygen atoms in total. The summed E-state index contributed by atoms with van der Waals surface area (Å²) in [6.45, 7) is -0.119. The van der Waals surface area contributed by atoms with Gasteiger partial charge in [0.2, 0.25) is 0 Å². The van der Waals surface area contributed by atoms with E-state index in [0.717, 1.165) is 17.1 Å². The third kappa shape index (κ3) is 0.895. The molecule has 0 unspecified atom stereocenters. The second-order valence-electron chi connectivity index (χ2n) is 2.45. The van der Waals surface area contributed by atoms with Gasteiger partial charge < -0.3 is 14.9 Å². The highest BCUT2D eigenvalue weighted by atomic mass is 16.6. The summed E-state index contributed by atoms with van der Waals surface area (Å²) in [7, 11) is 0. The lowest BCUT2D eigenvalue weighted by Crippen LogP contribution is -1.90. The van der Waals surface area contributed by atoms with Gasteiger partial charge in [-0.3, -0.25) is 0 Å². The molecule has 0 aliphatic carbocycles. The molecule has 0 radical (unpaired) electrons. The number of aliphatic hydroxyl groups excluding tert-OH is 2. The Morgan fingerprint density at radius 1 is 1.18 bits per heavy atom. The minimum Gasteiger partial charge on any atom is -0.449 e. The lowest BCUT2D eigenvalue weighted by molar-refractivity contribution is 0.259. The van der Waals surface area contributed by atoms with Crippen LogP contribution in [0.1, 0.15) is 11.1 Å². The molecule has 0 bridgehead atoms. The third-order valence-corrected chi connectivity index (χ3v) is 1.82. The van der Waals surface area contributed by atoms with Crippen molar-refractivity contribution in [3.8, 4) is 11.5 Å². The highest BCUT2D eigenvalue weighted by molar-refractivity contribution is 5.61. The lowest BCUT2D eigenvalue weighted by Gasteiger charge is -1.98. The molecule has 0 aromatic heterocycles. The number of aliphatic hydroxyl groups is 2. The Morgan fingerprint density at radius 3 is 2.64 bits per heavy atom. The number of benzene rings is 1. The standard InChI is InChI=1S/C8H8O3/c9-3-5-1-2-7-8(11-7)6(5)4-10/h1-2,9-10H,3-4H2. The molecule has 58 valence electrons. The van der Waals surface area contributed by atoms with Crippen LogP contribution in [0.5, 0.6) is 11.5 Å². The average molecular weight is 152 g/mol. The minimum absolute atomic E-state index is 0.0491. The molecule has 2 N–H and O–H groups in total. The van der Waals surface area contributed by atoms with Crippen LogP contribution in [0.15, 0.2) is 12.1 Å². The van der Waals surface area contributed by atoms with Crippen molar-refractivity contribution in [2.45, 2.75) is 13.2 Å². The molecule has 11 heavy (non-hydrogen) atoms. The van der Waals surface area contributed by atoms with E-state index >= 15 is 0 Å². The van der Waals surface area contributed by atoms with Crippen LogP contribution in [0.25, 0.3) is 0 Å². The molecule has 1 heterocycles. The van der Waals surface area contributed by atoms with E-state index in [2.05, 4.69) is 0 Å². The van der Waals surface area contributed by atoms with Crippen molar-refractivity contribution >= 4 is 0 Å². The van der Waals surface area contributed by atoms with Crippen LogP contribution in [-0.4, -0.2) is 10.2 Å². The van der Waals surface area contributed by atoms with Crippen molar-refractivity contribution < 1.29 is 14.9 Å². The number of ether oxygens (including phenoxy) is 1. The molecule has 0 saturated carbocycles. The van der Waals surface area contributed by atoms with E-state index < -0.39 is 0 Å². The fraction of sp³-hybridized carbons (Fsp3) is 0.250. The first-order chi connectivity index (χ1) is 5.36. The van der Waals surface area contributed by atoms with E-state index in [4.69, 9.17) is 14.9 Å². The molecule has 1 aromatic carbocycles. The number of hydrogen-bond acceptors (Lipinski definition) is 3. The first-order valence-electron chi connectivity index (χ1n) is 3.41. The van der Waals surface area contributed by atoms with Crippen molar-refractivity contribution in [2.75, 3.05) is 0 Å². The second-order valence-corrected chi connectivity index (χ2v) is 2.45. The van der Waals surface area contributed by atoms with Gasteiger partial charge in [-0.2, -0.15) is 0 Å². The number of rotatable bonds is 2. The van der Waals surface area contributed by atoms with Gasteiger partial charge in [0.05, 0.1) is 13.2 Å². The van der Waals surface area contributed by atoms with Crippen LogP contribution in [0.2, 0.25) is 0 Å². The van der Waals surface area contributed by atoms with E-state index in [1.807, 2.05) is 0 Å². The Bertz CT molecular complexity index is 294. The second kappa shape index (κ2) is 2.22. The summed E-state index contributed by atoms with van der Waals surface area (Å²) in [4.78, 5) is 0. The van der Waals surface area contributed by atoms with Crippen LogP contribution in [0, 0.1) is 0 Å². The zero-order valence-corrected chi connectivity index (χ0v) is 5.87. The monoisotopic (exact) mass is 152 g/mol. The maximum atomic E-state index is 8.87. The van der Waals surface area contributed by atoms with Crippen LogP contribution < -0.4 is 4.74 Å². The molecular weight excluding hydrogens is 144 g/mol. The van der Waals surface area contributed by atoms with Gasteiger partial charge in [0.25, 0.3) is 0 Å². The van der Waals surface area contributed by atoms with E-state index in [1.54, 1.807) is 12.1 Å². The summed E-state index contributed by atoms with van der Waals surface area (Å²) in [6.07, 6.45) is 0. The quantitative estimate of drug-likeness (QED) is 0.625. The fourth-order valence-electron chi connectivity index (χ4n) is 1.15. The molecular formula is C8H8O3. The van der Waals surface area contributed by atoms with Gasteiger partial charge in [-0.05, 0) is 11.6 Å². The van der Waals surface area contributed by atoms with Crippen molar-refractivity contribution in [3.05, 3.63) is 23.3 Å². The predicted octanol–water partition coefficient (Wildman–Crippen LogP) is 0.777. The molecule has 3 heteroatoms. The normalized spacial score (nSPS) is 12.2. The molecule has 1 aliphatic rings. The van der Waals surface area contributed by atoms with Crippen LogP contribution in [0.4, 0.5) is 0 Å². The zero-order valence-electron chi connectivity index (χ0n) is 5.87. The van der Waals surface area contributed by atoms with Crippen LogP contribution in [-0.2, 0) is 13.2 Å². The molecule has 1 aliphatic heterocycles. The SMILES string of the molecule is OCc1ccc2c(c1CO)O2. The first kappa shape index (κ1) is 6.64. The first-order valence-corrected chi connectivity index (χ1v) is 3.41. The molecule has 0 fully saturated rings. The van der Waals surface area contributed by atoms with E-state index in [1.165, 1.54) is 0 Å². The summed E-state index contributed by atoms with van der Waals surface area (Å²) in [5, 5.41) is 17.7. The summed E-state index contributed by atoms with van der Waals surface area (Å²) in [6, 6.07) is 3.55. The van der Waals surface area contributed by atoms with Gasteiger partial charge in [0.1, 0.15) is 0 Å².